The van der Waals surface area contributed by atoms with Gasteiger partial charge in [0.05, 0.1) is 7.11 Å². The summed E-state index contributed by atoms with van der Waals surface area (Å²) < 4.78 is 4.75. The van der Waals surface area contributed by atoms with E-state index in [1.54, 1.807) is 11.8 Å². The highest BCUT2D eigenvalue weighted by Crippen LogP contribution is 2.14. The van der Waals surface area contributed by atoms with E-state index in [-0.39, 0.29) is 17.8 Å². The monoisotopic (exact) mass is 289 g/mol. The van der Waals surface area contributed by atoms with Crippen LogP contribution >= 0.6 is 11.8 Å². The van der Waals surface area contributed by atoms with Crippen molar-refractivity contribution >= 4 is 23.6 Å². The summed E-state index contributed by atoms with van der Waals surface area (Å²) in [5.41, 5.74) is 0. The highest BCUT2D eigenvalue weighted by Gasteiger charge is 2.24. The van der Waals surface area contributed by atoms with Crippen molar-refractivity contribution in [1.82, 2.24) is 5.32 Å². The van der Waals surface area contributed by atoms with E-state index in [2.05, 4.69) is 19.2 Å². The minimum absolute atomic E-state index is 0.0106. The Morgan fingerprint density at radius 1 is 1.16 bits per heavy atom. The topological polar surface area (TPSA) is 55.4 Å². The van der Waals surface area contributed by atoms with Gasteiger partial charge in [0, 0.05) is 5.92 Å². The second-order valence-corrected chi connectivity index (χ2v) is 5.63. The highest BCUT2D eigenvalue weighted by atomic mass is 32.2. The van der Waals surface area contributed by atoms with E-state index in [1.165, 1.54) is 7.11 Å². The Balaban J connectivity index is 4.52. The van der Waals surface area contributed by atoms with Crippen LogP contribution in [0.5, 0.6) is 0 Å². The fraction of sp³-hybridized carbons (Fsp3) is 0.857. The van der Waals surface area contributed by atoms with Gasteiger partial charge in [-0.15, -0.1) is 0 Å². The number of thioether (sulfide) groups is 1. The van der Waals surface area contributed by atoms with E-state index < -0.39 is 6.04 Å². The number of methoxy groups -OCH3 is 1. The van der Waals surface area contributed by atoms with Gasteiger partial charge in [0.25, 0.3) is 0 Å². The molecule has 0 aromatic rings. The third kappa shape index (κ3) is 7.45. The van der Waals surface area contributed by atoms with Crippen molar-refractivity contribution in [3.63, 3.8) is 0 Å². The molecule has 1 atom stereocenters. The number of hydrogen-bond acceptors (Lipinski definition) is 4. The van der Waals surface area contributed by atoms with Gasteiger partial charge in [0.1, 0.15) is 6.04 Å². The summed E-state index contributed by atoms with van der Waals surface area (Å²) in [5.74, 6) is 0.470. The van der Waals surface area contributed by atoms with Gasteiger partial charge in [-0.2, -0.15) is 11.8 Å². The summed E-state index contributed by atoms with van der Waals surface area (Å²) >= 11 is 1.65. The molecule has 0 radical (unpaired) electrons. The number of nitrogens with one attached hydrogen (secondary N) is 1. The molecule has 0 heterocycles. The molecule has 0 fully saturated rings. The maximum Gasteiger partial charge on any atom is 0.328 e. The minimum atomic E-state index is -0.513. The first-order chi connectivity index (χ1) is 9.10. The number of amides is 1. The lowest BCUT2D eigenvalue weighted by atomic mass is 9.97. The van der Waals surface area contributed by atoms with Crippen LogP contribution in [-0.2, 0) is 14.3 Å². The van der Waals surface area contributed by atoms with Crippen molar-refractivity contribution in [2.75, 3.05) is 19.1 Å². The van der Waals surface area contributed by atoms with Crippen LogP contribution in [0.15, 0.2) is 0 Å². The van der Waals surface area contributed by atoms with E-state index in [1.807, 2.05) is 6.26 Å². The first kappa shape index (κ1) is 18.3. The summed E-state index contributed by atoms with van der Waals surface area (Å²) in [5, 5.41) is 2.85. The average Bonchev–Trinajstić information content (AvgIpc) is 2.42. The Morgan fingerprint density at radius 3 is 2.16 bits per heavy atom. The summed E-state index contributed by atoms with van der Waals surface area (Å²) in [6, 6.07) is -0.513. The second-order valence-electron chi connectivity index (χ2n) is 4.64. The van der Waals surface area contributed by atoms with Crippen LogP contribution in [0.3, 0.4) is 0 Å². The molecule has 1 N–H and O–H groups in total. The Bertz CT molecular complexity index is 265. The molecule has 0 saturated carbocycles. The Kier molecular flexibility index (Phi) is 10.7. The zero-order valence-corrected chi connectivity index (χ0v) is 13.3. The molecule has 0 aliphatic heterocycles. The highest BCUT2D eigenvalue weighted by molar-refractivity contribution is 7.98. The van der Waals surface area contributed by atoms with Gasteiger partial charge in [-0.3, -0.25) is 4.79 Å². The van der Waals surface area contributed by atoms with E-state index >= 15 is 0 Å². The van der Waals surface area contributed by atoms with Crippen LogP contribution in [0.1, 0.15) is 46.0 Å². The second kappa shape index (κ2) is 11.1. The summed E-state index contributed by atoms with van der Waals surface area (Å²) in [7, 11) is 1.36. The molecule has 4 nitrogen and oxygen atoms in total. The van der Waals surface area contributed by atoms with E-state index in [9.17, 15) is 9.59 Å². The first-order valence-corrected chi connectivity index (χ1v) is 8.37. The fourth-order valence-corrected chi connectivity index (χ4v) is 2.49. The van der Waals surface area contributed by atoms with Gasteiger partial charge in [-0.1, -0.05) is 26.7 Å². The third-order valence-electron chi connectivity index (χ3n) is 3.06. The van der Waals surface area contributed by atoms with Gasteiger partial charge in [-0.25, -0.2) is 4.79 Å². The van der Waals surface area contributed by atoms with Crippen molar-refractivity contribution in [3.05, 3.63) is 0 Å². The molecule has 0 saturated heterocycles. The van der Waals surface area contributed by atoms with Crippen molar-refractivity contribution in [3.8, 4) is 0 Å². The van der Waals surface area contributed by atoms with Crippen LogP contribution in [0.25, 0.3) is 0 Å². The average molecular weight is 289 g/mol. The van der Waals surface area contributed by atoms with Gasteiger partial charge in [-0.05, 0) is 31.3 Å². The van der Waals surface area contributed by atoms with Gasteiger partial charge in [0.2, 0.25) is 5.91 Å². The van der Waals surface area contributed by atoms with Crippen molar-refractivity contribution < 1.29 is 14.3 Å². The van der Waals surface area contributed by atoms with Gasteiger partial charge < -0.3 is 10.1 Å². The number of esters is 1. The first-order valence-electron chi connectivity index (χ1n) is 6.97. The van der Waals surface area contributed by atoms with E-state index in [0.717, 1.165) is 31.4 Å². The lowest BCUT2D eigenvalue weighted by Crippen LogP contribution is -2.44. The van der Waals surface area contributed by atoms with Crippen LogP contribution in [0, 0.1) is 5.92 Å². The molecule has 1 amide bonds. The summed E-state index contributed by atoms with van der Waals surface area (Å²) in [6.45, 7) is 4.14. The zero-order chi connectivity index (χ0) is 14.7. The molecule has 112 valence electrons. The maximum absolute atomic E-state index is 12.2. The van der Waals surface area contributed by atoms with Gasteiger partial charge in [0.15, 0.2) is 0 Å². The SMILES string of the molecule is CCCC(CCC)C(=O)N[C@@H](CCSC)C(=O)OC. The summed E-state index contributed by atoms with van der Waals surface area (Å²) in [6.07, 6.45) is 6.29. The lowest BCUT2D eigenvalue weighted by molar-refractivity contribution is -0.145. The molecule has 0 aromatic heterocycles. The number of carbonyl (C=O) groups is 2. The largest absolute Gasteiger partial charge is 0.467 e. The van der Waals surface area contributed by atoms with Gasteiger partial charge >= 0.3 is 5.97 Å². The number of hydrogen-bond donors (Lipinski definition) is 1. The molecule has 0 aliphatic rings. The Morgan fingerprint density at radius 2 is 1.74 bits per heavy atom. The smallest absolute Gasteiger partial charge is 0.328 e. The van der Waals surface area contributed by atoms with Crippen LogP contribution in [0.4, 0.5) is 0 Å². The lowest BCUT2D eigenvalue weighted by Gasteiger charge is -2.20. The van der Waals surface area contributed by atoms with E-state index in [0.29, 0.717) is 6.42 Å². The van der Waals surface area contributed by atoms with E-state index in [4.69, 9.17) is 4.74 Å². The molecule has 0 aromatic carbocycles. The molecule has 0 unspecified atom stereocenters. The summed E-state index contributed by atoms with van der Waals surface area (Å²) in [4.78, 5) is 23.8. The molecule has 19 heavy (non-hydrogen) atoms. The molecule has 0 bridgehead atoms. The van der Waals surface area contributed by atoms with Crippen molar-refractivity contribution in [1.29, 1.82) is 0 Å². The van der Waals surface area contributed by atoms with Crippen LogP contribution in [-0.4, -0.2) is 37.0 Å². The van der Waals surface area contributed by atoms with Crippen LogP contribution in [0.2, 0.25) is 0 Å². The molecular weight excluding hydrogens is 262 g/mol. The molecule has 0 aliphatic carbocycles. The molecule has 0 spiro atoms. The standard InChI is InChI=1S/C14H27NO3S/c1-5-7-11(8-6-2)13(16)15-12(9-10-19-4)14(17)18-3/h11-12H,5-10H2,1-4H3,(H,15,16)/t12-/m0/s1. The van der Waals surface area contributed by atoms with Crippen LogP contribution < -0.4 is 5.32 Å². The predicted octanol–water partition coefficient (Wildman–Crippen LogP) is 2.61. The van der Waals surface area contributed by atoms with Crippen molar-refractivity contribution in [2.45, 2.75) is 52.0 Å². The number of ether oxygens (including phenoxy) is 1. The Labute approximate surface area is 121 Å². The fourth-order valence-electron chi connectivity index (χ4n) is 2.02. The normalized spacial score (nSPS) is 12.3. The third-order valence-corrected chi connectivity index (χ3v) is 3.70. The predicted molar refractivity (Wildman–Crippen MR) is 80.3 cm³/mol. The quantitative estimate of drug-likeness (QED) is 0.628. The molecular formula is C14H27NO3S. The minimum Gasteiger partial charge on any atom is -0.467 e. The number of carbonyl (C=O) groups excluding carboxylic acids is 2. The molecule has 0 rings (SSSR count). The maximum atomic E-state index is 12.2. The zero-order valence-electron chi connectivity index (χ0n) is 12.5. The van der Waals surface area contributed by atoms with Crippen molar-refractivity contribution in [2.24, 2.45) is 5.92 Å². The molecule has 5 heteroatoms. The Hall–Kier alpha value is -0.710. The number of rotatable bonds is 10.